The van der Waals surface area contributed by atoms with E-state index in [2.05, 4.69) is 26.3 Å². The molecule has 0 spiro atoms. The monoisotopic (exact) mass is 437 g/mol. The summed E-state index contributed by atoms with van der Waals surface area (Å²) in [6, 6.07) is 12.1. The van der Waals surface area contributed by atoms with Crippen molar-refractivity contribution < 1.29 is 13.9 Å². The predicted molar refractivity (Wildman–Crippen MR) is 116 cm³/mol. The number of anilines is 1. The molecule has 1 fully saturated rings. The topological polar surface area (TPSA) is 85.0 Å². The smallest absolute Gasteiger partial charge is 0.223 e. The number of rotatable bonds is 6. The van der Waals surface area contributed by atoms with Crippen LogP contribution < -0.4 is 5.32 Å². The van der Waals surface area contributed by atoms with Crippen molar-refractivity contribution in [3.8, 4) is 22.6 Å². The number of ether oxygens (including phenoxy) is 2. The van der Waals surface area contributed by atoms with E-state index in [1.165, 1.54) is 17.0 Å². The van der Waals surface area contributed by atoms with Crippen LogP contribution >= 0.6 is 11.3 Å². The first-order valence-electron chi connectivity index (χ1n) is 9.95. The van der Waals surface area contributed by atoms with E-state index < -0.39 is 6.29 Å². The summed E-state index contributed by atoms with van der Waals surface area (Å²) in [6.45, 7) is 1.86. The van der Waals surface area contributed by atoms with Crippen LogP contribution in [0.2, 0.25) is 0 Å². The molecule has 0 bridgehead atoms. The largest absolute Gasteiger partial charge is 0.349 e. The summed E-state index contributed by atoms with van der Waals surface area (Å²) in [5, 5.41) is 5.28. The number of hydrogen-bond acceptors (Lipinski definition) is 7. The van der Waals surface area contributed by atoms with Gasteiger partial charge in [0.2, 0.25) is 12.2 Å². The third-order valence-corrected chi connectivity index (χ3v) is 5.68. The first kappa shape index (κ1) is 19.8. The van der Waals surface area contributed by atoms with E-state index in [1.807, 2.05) is 17.5 Å². The molecule has 2 N–H and O–H groups in total. The number of benzene rings is 1. The van der Waals surface area contributed by atoms with Crippen molar-refractivity contribution >= 4 is 17.3 Å². The Morgan fingerprint density at radius 2 is 1.94 bits per heavy atom. The molecule has 3 aromatic heterocycles. The molecule has 4 heterocycles. The molecule has 7 nitrogen and oxygen atoms in total. The molecule has 0 unspecified atom stereocenters. The highest BCUT2D eigenvalue weighted by Crippen LogP contribution is 2.32. The van der Waals surface area contributed by atoms with Crippen LogP contribution in [0.4, 0.5) is 10.3 Å². The van der Waals surface area contributed by atoms with Gasteiger partial charge in [-0.1, -0.05) is 6.07 Å². The van der Waals surface area contributed by atoms with Crippen molar-refractivity contribution in [1.82, 2.24) is 19.9 Å². The van der Waals surface area contributed by atoms with Crippen LogP contribution in [0.15, 0.2) is 54.0 Å². The molecule has 1 saturated heterocycles. The van der Waals surface area contributed by atoms with Crippen molar-refractivity contribution in [2.75, 3.05) is 18.5 Å². The third-order valence-electron chi connectivity index (χ3n) is 4.80. The van der Waals surface area contributed by atoms with Gasteiger partial charge in [-0.3, -0.25) is 0 Å². The van der Waals surface area contributed by atoms with Gasteiger partial charge in [0.1, 0.15) is 5.82 Å². The minimum atomic E-state index is -0.569. The second-order valence-electron chi connectivity index (χ2n) is 6.98. The Morgan fingerprint density at radius 3 is 2.71 bits per heavy atom. The summed E-state index contributed by atoms with van der Waals surface area (Å²) in [5.41, 5.74) is 2.77. The van der Waals surface area contributed by atoms with Crippen molar-refractivity contribution in [1.29, 1.82) is 0 Å². The molecule has 0 radical (unpaired) electrons. The zero-order valence-corrected chi connectivity index (χ0v) is 17.4. The molecule has 0 atom stereocenters. The average Bonchev–Trinajstić information content (AvgIpc) is 3.49. The molecular formula is C22H20FN5O2S. The number of nitrogens with one attached hydrogen (secondary N) is 2. The van der Waals surface area contributed by atoms with E-state index in [-0.39, 0.29) is 5.82 Å². The standard InChI is InChI=1S/C22H20FN5O2S/c23-15-6-4-14(5-7-15)18-19(28-20(27-18)21-29-10-2-11-30-21)17-8-9-24-22(26-17)25-13-16-3-1-12-31-16/h1,3-9,12,21H,2,10-11,13H2,(H,27,28)(H,24,25,26). The quantitative estimate of drug-likeness (QED) is 0.452. The van der Waals surface area contributed by atoms with Crippen molar-refractivity contribution in [2.45, 2.75) is 19.3 Å². The maximum absolute atomic E-state index is 13.5. The number of aromatic nitrogens is 4. The number of H-pyrrole nitrogens is 1. The zero-order valence-electron chi connectivity index (χ0n) is 16.5. The van der Waals surface area contributed by atoms with E-state index in [4.69, 9.17) is 14.5 Å². The number of imidazole rings is 1. The Bertz CT molecular complexity index is 1140. The highest BCUT2D eigenvalue weighted by atomic mass is 32.1. The molecule has 0 saturated carbocycles. The minimum absolute atomic E-state index is 0.304. The lowest BCUT2D eigenvalue weighted by Gasteiger charge is -2.21. The molecule has 9 heteroatoms. The Morgan fingerprint density at radius 1 is 1.10 bits per heavy atom. The number of halogens is 1. The van der Waals surface area contributed by atoms with E-state index in [9.17, 15) is 4.39 Å². The van der Waals surface area contributed by atoms with Gasteiger partial charge in [-0.15, -0.1) is 11.3 Å². The van der Waals surface area contributed by atoms with Crippen LogP contribution in [-0.4, -0.2) is 33.1 Å². The maximum atomic E-state index is 13.5. The minimum Gasteiger partial charge on any atom is -0.349 e. The molecule has 4 aromatic rings. The van der Waals surface area contributed by atoms with Crippen LogP contribution in [0.25, 0.3) is 22.6 Å². The molecule has 158 valence electrons. The van der Waals surface area contributed by atoms with Crippen LogP contribution in [0.3, 0.4) is 0 Å². The number of hydrogen-bond donors (Lipinski definition) is 2. The summed E-state index contributed by atoms with van der Waals surface area (Å²) in [6.07, 6.45) is 1.97. The number of aromatic amines is 1. The lowest BCUT2D eigenvalue weighted by molar-refractivity contribution is -0.186. The van der Waals surface area contributed by atoms with Crippen LogP contribution in [0.1, 0.15) is 23.4 Å². The normalized spacial score (nSPS) is 14.6. The fourth-order valence-electron chi connectivity index (χ4n) is 3.31. The van der Waals surface area contributed by atoms with Gasteiger partial charge in [0.15, 0.2) is 5.82 Å². The predicted octanol–water partition coefficient (Wildman–Crippen LogP) is 4.78. The molecule has 31 heavy (non-hydrogen) atoms. The van der Waals surface area contributed by atoms with Crippen LogP contribution in [0, 0.1) is 5.82 Å². The second-order valence-corrected chi connectivity index (χ2v) is 8.01. The van der Waals surface area contributed by atoms with E-state index in [0.717, 1.165) is 12.0 Å². The van der Waals surface area contributed by atoms with Crippen molar-refractivity contribution in [3.63, 3.8) is 0 Å². The number of nitrogens with zero attached hydrogens (tertiary/aromatic N) is 3. The average molecular weight is 438 g/mol. The van der Waals surface area contributed by atoms with E-state index >= 15 is 0 Å². The highest BCUT2D eigenvalue weighted by molar-refractivity contribution is 7.09. The molecule has 1 aliphatic heterocycles. The Labute approximate surface area is 182 Å². The number of thiophene rings is 1. The molecular weight excluding hydrogens is 417 g/mol. The summed E-state index contributed by atoms with van der Waals surface area (Å²) in [4.78, 5) is 18.2. The van der Waals surface area contributed by atoms with Gasteiger partial charge in [-0.2, -0.15) is 0 Å². The first-order chi connectivity index (χ1) is 15.3. The molecule has 1 aromatic carbocycles. The summed E-state index contributed by atoms with van der Waals surface area (Å²) in [7, 11) is 0. The fraction of sp³-hybridized carbons (Fsp3) is 0.227. The van der Waals surface area contributed by atoms with Gasteiger partial charge in [-0.05, 0) is 48.2 Å². The molecule has 0 amide bonds. The lowest BCUT2D eigenvalue weighted by Crippen LogP contribution is -2.18. The SMILES string of the molecule is Fc1ccc(-c2nc(C3OCCCO3)[nH]c2-c2ccnc(NCc3cccs3)n2)cc1. The van der Waals surface area contributed by atoms with Gasteiger partial charge in [0, 0.05) is 16.6 Å². The Hall–Kier alpha value is -3.14. The van der Waals surface area contributed by atoms with Gasteiger partial charge in [0.25, 0.3) is 0 Å². The molecule has 1 aliphatic rings. The molecule has 0 aliphatic carbocycles. The summed E-state index contributed by atoms with van der Waals surface area (Å²) in [5.74, 6) is 0.764. The summed E-state index contributed by atoms with van der Waals surface area (Å²) >= 11 is 1.67. The van der Waals surface area contributed by atoms with Crippen molar-refractivity contribution in [3.05, 3.63) is 70.6 Å². The zero-order chi connectivity index (χ0) is 21.0. The van der Waals surface area contributed by atoms with Gasteiger partial charge < -0.3 is 19.8 Å². The second kappa shape index (κ2) is 8.93. The molecule has 5 rings (SSSR count). The lowest BCUT2D eigenvalue weighted by atomic mass is 10.1. The third kappa shape index (κ3) is 4.48. The van der Waals surface area contributed by atoms with E-state index in [0.29, 0.717) is 48.6 Å². The fourth-order valence-corrected chi connectivity index (χ4v) is 3.96. The van der Waals surface area contributed by atoms with Gasteiger partial charge in [-0.25, -0.2) is 19.3 Å². The van der Waals surface area contributed by atoms with Crippen LogP contribution in [-0.2, 0) is 16.0 Å². The van der Waals surface area contributed by atoms with Gasteiger partial charge >= 0.3 is 0 Å². The maximum Gasteiger partial charge on any atom is 0.223 e. The Balaban J connectivity index is 1.50. The van der Waals surface area contributed by atoms with Crippen LogP contribution in [0.5, 0.6) is 0 Å². The Kier molecular flexibility index (Phi) is 5.70. The highest BCUT2D eigenvalue weighted by Gasteiger charge is 2.24. The van der Waals surface area contributed by atoms with Crippen molar-refractivity contribution in [2.24, 2.45) is 0 Å². The van der Waals surface area contributed by atoms with Gasteiger partial charge in [0.05, 0.1) is 36.8 Å². The van der Waals surface area contributed by atoms with E-state index in [1.54, 1.807) is 29.7 Å². The first-order valence-corrected chi connectivity index (χ1v) is 10.8. The summed E-state index contributed by atoms with van der Waals surface area (Å²) < 4.78 is 24.9.